The third-order valence-corrected chi connectivity index (χ3v) is 4.52. The minimum atomic E-state index is -0.198. The van der Waals surface area contributed by atoms with Crippen molar-refractivity contribution in [1.29, 1.82) is 0 Å². The Hall–Kier alpha value is -2.81. The Morgan fingerprint density at radius 1 is 1.31 bits per heavy atom. The monoisotopic (exact) mass is 355 g/mol. The van der Waals surface area contributed by atoms with E-state index in [9.17, 15) is 4.79 Å². The second-order valence-electron chi connectivity index (χ2n) is 6.81. The molecule has 0 bridgehead atoms. The van der Waals surface area contributed by atoms with Crippen LogP contribution in [0.1, 0.15) is 37.2 Å². The van der Waals surface area contributed by atoms with Crippen LogP contribution >= 0.6 is 0 Å². The maximum Gasteiger partial charge on any atom is 0.267 e. The molecule has 1 saturated heterocycles. The fourth-order valence-corrected chi connectivity index (χ4v) is 3.10. The van der Waals surface area contributed by atoms with E-state index >= 15 is 0 Å². The highest BCUT2D eigenvalue weighted by atomic mass is 16.5. The molecule has 4 rings (SSSR count). The van der Waals surface area contributed by atoms with Crippen LogP contribution in [0.2, 0.25) is 0 Å². The molecule has 0 radical (unpaired) electrons. The van der Waals surface area contributed by atoms with Gasteiger partial charge in [0, 0.05) is 12.1 Å². The number of aromatic nitrogens is 6. The van der Waals surface area contributed by atoms with Crippen LogP contribution in [0.4, 0.5) is 5.82 Å². The zero-order valence-corrected chi connectivity index (χ0v) is 15.0. The van der Waals surface area contributed by atoms with Gasteiger partial charge in [-0.25, -0.2) is 9.67 Å². The van der Waals surface area contributed by atoms with E-state index in [0.29, 0.717) is 19.0 Å². The van der Waals surface area contributed by atoms with Gasteiger partial charge in [0.25, 0.3) is 11.3 Å². The molecule has 9 heteroatoms. The lowest BCUT2D eigenvalue weighted by Crippen LogP contribution is -2.37. The first-order valence-corrected chi connectivity index (χ1v) is 8.64. The Morgan fingerprint density at radius 3 is 2.96 bits per heavy atom. The highest BCUT2D eigenvalue weighted by molar-refractivity contribution is 5.46. The molecule has 4 heterocycles. The third-order valence-electron chi connectivity index (χ3n) is 4.52. The fourth-order valence-electron chi connectivity index (χ4n) is 3.10. The van der Waals surface area contributed by atoms with Crippen LogP contribution < -0.4 is 10.9 Å². The van der Waals surface area contributed by atoms with Crippen LogP contribution in [0, 0.1) is 6.92 Å². The summed E-state index contributed by atoms with van der Waals surface area (Å²) in [5.74, 6) is 1.58. The van der Waals surface area contributed by atoms with Gasteiger partial charge in [-0.3, -0.25) is 4.79 Å². The summed E-state index contributed by atoms with van der Waals surface area (Å²) in [4.78, 5) is 21.0. The topological polar surface area (TPSA) is 99.2 Å². The second-order valence-corrected chi connectivity index (χ2v) is 6.81. The molecule has 0 aromatic carbocycles. The summed E-state index contributed by atoms with van der Waals surface area (Å²) in [6.45, 7) is 6.93. The summed E-state index contributed by atoms with van der Waals surface area (Å²) in [5.41, 5.74) is 1.58. The molecular weight excluding hydrogens is 334 g/mol. The van der Waals surface area contributed by atoms with Crippen molar-refractivity contribution in [3.05, 3.63) is 46.3 Å². The molecule has 2 unspecified atom stereocenters. The molecule has 3 aromatic heterocycles. The van der Waals surface area contributed by atoms with Gasteiger partial charge in [0.1, 0.15) is 18.2 Å². The van der Waals surface area contributed by atoms with Gasteiger partial charge in [0.05, 0.1) is 30.6 Å². The van der Waals surface area contributed by atoms with Gasteiger partial charge in [-0.15, -0.1) is 0 Å². The lowest BCUT2D eigenvalue weighted by molar-refractivity contribution is 0.182. The SMILES string of the molecule is Cc1ccc(=O)n(C2COCC2Nc2cc(C(C)C)nc3ncnn23)n1. The van der Waals surface area contributed by atoms with Crippen molar-refractivity contribution in [2.75, 3.05) is 18.5 Å². The van der Waals surface area contributed by atoms with Crippen molar-refractivity contribution >= 4 is 11.6 Å². The van der Waals surface area contributed by atoms with E-state index in [1.807, 2.05) is 13.0 Å². The molecule has 1 fully saturated rings. The molecule has 9 nitrogen and oxygen atoms in total. The Morgan fingerprint density at radius 2 is 2.15 bits per heavy atom. The molecular formula is C17H21N7O2. The number of nitrogens with zero attached hydrogens (tertiary/aromatic N) is 6. The number of nitrogens with one attached hydrogen (secondary N) is 1. The molecule has 0 amide bonds. The molecule has 0 aliphatic carbocycles. The Balaban J connectivity index is 1.70. The van der Waals surface area contributed by atoms with Gasteiger partial charge in [-0.05, 0) is 18.9 Å². The van der Waals surface area contributed by atoms with E-state index in [-0.39, 0.29) is 23.6 Å². The summed E-state index contributed by atoms with van der Waals surface area (Å²) in [6.07, 6.45) is 1.48. The Labute approximate surface area is 150 Å². The summed E-state index contributed by atoms with van der Waals surface area (Å²) >= 11 is 0. The third kappa shape index (κ3) is 2.94. The van der Waals surface area contributed by atoms with Crippen LogP contribution in [0.15, 0.2) is 29.3 Å². The van der Waals surface area contributed by atoms with E-state index in [0.717, 1.165) is 17.2 Å². The van der Waals surface area contributed by atoms with Gasteiger partial charge < -0.3 is 10.1 Å². The first-order valence-electron chi connectivity index (χ1n) is 8.64. The van der Waals surface area contributed by atoms with Crippen molar-refractivity contribution in [2.45, 2.75) is 38.8 Å². The predicted octanol–water partition coefficient (Wildman–Crippen LogP) is 1.16. The minimum absolute atomic E-state index is 0.114. The number of rotatable bonds is 4. The standard InChI is InChI=1S/C17H21N7O2/c1-10(2)12-6-15(24-17(21-12)18-9-19-24)20-13-7-26-8-14(13)23-16(25)5-4-11(3)22-23/h4-6,9-10,13-14,20H,7-8H2,1-3H3. The molecule has 1 N–H and O–H groups in total. The number of aryl methyl sites for hydroxylation is 1. The number of anilines is 1. The predicted molar refractivity (Wildman–Crippen MR) is 95.4 cm³/mol. The first kappa shape index (κ1) is 16.6. The second kappa shape index (κ2) is 6.49. The van der Waals surface area contributed by atoms with Gasteiger partial charge in [-0.1, -0.05) is 13.8 Å². The zero-order chi connectivity index (χ0) is 18.3. The van der Waals surface area contributed by atoms with Crippen molar-refractivity contribution in [3.8, 4) is 0 Å². The van der Waals surface area contributed by atoms with E-state index in [2.05, 4.69) is 39.3 Å². The average molecular weight is 355 g/mol. The van der Waals surface area contributed by atoms with Crippen LogP contribution in [0.25, 0.3) is 5.78 Å². The molecule has 1 aliphatic heterocycles. The number of hydrogen-bond donors (Lipinski definition) is 1. The molecule has 0 saturated carbocycles. The lowest BCUT2D eigenvalue weighted by atomic mass is 10.1. The van der Waals surface area contributed by atoms with E-state index in [4.69, 9.17) is 4.74 Å². The summed E-state index contributed by atoms with van der Waals surface area (Å²) < 4.78 is 8.80. The van der Waals surface area contributed by atoms with Gasteiger partial charge >= 0.3 is 0 Å². The normalized spacial score (nSPS) is 20.2. The zero-order valence-electron chi connectivity index (χ0n) is 15.0. The first-order chi connectivity index (χ1) is 12.5. The van der Waals surface area contributed by atoms with Gasteiger partial charge in [-0.2, -0.15) is 19.7 Å². The van der Waals surface area contributed by atoms with Gasteiger partial charge in [0.15, 0.2) is 0 Å². The minimum Gasteiger partial charge on any atom is -0.377 e. The van der Waals surface area contributed by atoms with E-state index < -0.39 is 0 Å². The van der Waals surface area contributed by atoms with E-state index in [1.165, 1.54) is 17.1 Å². The maximum atomic E-state index is 12.3. The highest BCUT2D eigenvalue weighted by Crippen LogP contribution is 2.24. The molecule has 1 aliphatic rings. The Bertz CT molecular complexity index is 994. The summed E-state index contributed by atoms with van der Waals surface area (Å²) in [7, 11) is 0. The number of hydrogen-bond acceptors (Lipinski definition) is 7. The molecule has 0 spiro atoms. The molecule has 3 aromatic rings. The smallest absolute Gasteiger partial charge is 0.267 e. The van der Waals surface area contributed by atoms with Gasteiger partial charge in [0.2, 0.25) is 0 Å². The Kier molecular flexibility index (Phi) is 4.15. The number of fused-ring (bicyclic) bond motifs is 1. The average Bonchev–Trinajstić information content (AvgIpc) is 3.26. The fraction of sp³-hybridized carbons (Fsp3) is 0.471. The molecule has 26 heavy (non-hydrogen) atoms. The van der Waals surface area contributed by atoms with Crippen molar-refractivity contribution in [2.24, 2.45) is 0 Å². The maximum absolute atomic E-state index is 12.3. The van der Waals surface area contributed by atoms with Crippen LogP contribution in [0.5, 0.6) is 0 Å². The molecule has 2 atom stereocenters. The highest BCUT2D eigenvalue weighted by Gasteiger charge is 2.32. The largest absolute Gasteiger partial charge is 0.377 e. The van der Waals surface area contributed by atoms with Crippen molar-refractivity contribution < 1.29 is 4.74 Å². The summed E-state index contributed by atoms with van der Waals surface area (Å²) in [5, 5.41) is 12.1. The van der Waals surface area contributed by atoms with Crippen LogP contribution in [-0.2, 0) is 4.74 Å². The summed E-state index contributed by atoms with van der Waals surface area (Å²) in [6, 6.07) is 4.91. The van der Waals surface area contributed by atoms with Crippen molar-refractivity contribution in [3.63, 3.8) is 0 Å². The van der Waals surface area contributed by atoms with Crippen LogP contribution in [-0.4, -0.2) is 48.6 Å². The van der Waals surface area contributed by atoms with Crippen LogP contribution in [0.3, 0.4) is 0 Å². The quantitative estimate of drug-likeness (QED) is 0.750. The lowest BCUT2D eigenvalue weighted by Gasteiger charge is -2.22. The van der Waals surface area contributed by atoms with E-state index in [1.54, 1.807) is 10.6 Å². The number of ether oxygens (including phenoxy) is 1. The van der Waals surface area contributed by atoms with Crippen molar-refractivity contribution in [1.82, 2.24) is 29.4 Å². The molecule has 136 valence electrons.